The quantitative estimate of drug-likeness (QED) is 0.421. The van der Waals surface area contributed by atoms with Crippen LogP contribution in [-0.2, 0) is 19.6 Å². The molecule has 2 aromatic carbocycles. The van der Waals surface area contributed by atoms with Crippen LogP contribution in [0.15, 0.2) is 59.9 Å². The fraction of sp³-hybridized carbons (Fsp3) is 0.304. The summed E-state index contributed by atoms with van der Waals surface area (Å²) in [6.07, 6.45) is 3.76. The molecule has 1 heterocycles. The number of imidazole rings is 1. The Bertz CT molecular complexity index is 1030. The smallest absolute Gasteiger partial charge is 0.387 e. The Morgan fingerprint density at radius 1 is 1.10 bits per heavy atom. The van der Waals surface area contributed by atoms with Gasteiger partial charge in [0.05, 0.1) is 0 Å². The molecule has 0 aliphatic rings. The molecule has 0 radical (unpaired) electrons. The molecule has 0 bridgehead atoms. The SMILES string of the molecule is CN=C(NCc1cccc(Cn2ccnc2C)c1)NCc1cc(C)ccc1OC(F)F. The molecule has 31 heavy (non-hydrogen) atoms. The summed E-state index contributed by atoms with van der Waals surface area (Å²) >= 11 is 0. The van der Waals surface area contributed by atoms with E-state index in [-0.39, 0.29) is 5.75 Å². The molecule has 0 saturated carbocycles. The highest BCUT2D eigenvalue weighted by Crippen LogP contribution is 2.22. The zero-order valence-electron chi connectivity index (χ0n) is 17.9. The van der Waals surface area contributed by atoms with Crippen molar-refractivity contribution in [1.82, 2.24) is 20.2 Å². The third-order valence-electron chi connectivity index (χ3n) is 4.83. The number of ether oxygens (including phenoxy) is 1. The fourth-order valence-electron chi connectivity index (χ4n) is 3.25. The van der Waals surface area contributed by atoms with Crippen molar-refractivity contribution in [2.75, 3.05) is 7.05 Å². The minimum absolute atomic E-state index is 0.158. The highest BCUT2D eigenvalue weighted by molar-refractivity contribution is 5.79. The van der Waals surface area contributed by atoms with E-state index in [4.69, 9.17) is 0 Å². The molecule has 164 valence electrons. The monoisotopic (exact) mass is 427 g/mol. The first-order chi connectivity index (χ1) is 14.9. The Kier molecular flexibility index (Phi) is 7.59. The number of benzene rings is 2. The van der Waals surface area contributed by atoms with Gasteiger partial charge in [0.15, 0.2) is 5.96 Å². The van der Waals surface area contributed by atoms with Gasteiger partial charge in [-0.2, -0.15) is 8.78 Å². The van der Waals surface area contributed by atoms with Crippen LogP contribution in [0.5, 0.6) is 5.75 Å². The summed E-state index contributed by atoms with van der Waals surface area (Å²) in [5.74, 6) is 1.70. The number of aromatic nitrogens is 2. The molecule has 2 N–H and O–H groups in total. The Labute approximate surface area is 181 Å². The molecule has 0 unspecified atom stereocenters. The first kappa shape index (κ1) is 22.3. The van der Waals surface area contributed by atoms with Gasteiger partial charge in [0.25, 0.3) is 0 Å². The van der Waals surface area contributed by atoms with Crippen molar-refractivity contribution in [2.45, 2.75) is 40.1 Å². The first-order valence-electron chi connectivity index (χ1n) is 9.99. The van der Waals surface area contributed by atoms with Crippen molar-refractivity contribution in [3.8, 4) is 5.75 Å². The summed E-state index contributed by atoms with van der Waals surface area (Å²) in [5, 5.41) is 6.42. The molecule has 8 heteroatoms. The number of aliphatic imine (C=N–C) groups is 1. The van der Waals surface area contributed by atoms with Gasteiger partial charge >= 0.3 is 6.61 Å². The van der Waals surface area contributed by atoms with Gasteiger partial charge in [0, 0.05) is 44.6 Å². The van der Waals surface area contributed by atoms with Crippen LogP contribution in [-0.4, -0.2) is 29.2 Å². The second-order valence-corrected chi connectivity index (χ2v) is 7.19. The largest absolute Gasteiger partial charge is 0.434 e. The lowest BCUT2D eigenvalue weighted by Gasteiger charge is -2.15. The van der Waals surface area contributed by atoms with Gasteiger partial charge in [-0.05, 0) is 31.0 Å². The van der Waals surface area contributed by atoms with E-state index in [2.05, 4.69) is 42.0 Å². The number of nitrogens with zero attached hydrogens (tertiary/aromatic N) is 3. The lowest BCUT2D eigenvalue weighted by atomic mass is 10.1. The molecule has 0 aliphatic heterocycles. The minimum Gasteiger partial charge on any atom is -0.434 e. The molecule has 3 rings (SSSR count). The number of alkyl halides is 2. The maximum atomic E-state index is 12.7. The number of aryl methyl sites for hydroxylation is 2. The molecule has 0 atom stereocenters. The molecule has 0 spiro atoms. The lowest BCUT2D eigenvalue weighted by Crippen LogP contribution is -2.36. The lowest BCUT2D eigenvalue weighted by molar-refractivity contribution is -0.0504. The Morgan fingerprint density at radius 3 is 2.58 bits per heavy atom. The summed E-state index contributed by atoms with van der Waals surface area (Å²) < 4.78 is 32.0. The van der Waals surface area contributed by atoms with Crippen LogP contribution in [0.3, 0.4) is 0 Å². The van der Waals surface area contributed by atoms with Gasteiger partial charge in [0.2, 0.25) is 0 Å². The number of hydrogen-bond acceptors (Lipinski definition) is 3. The average molecular weight is 427 g/mol. The Hall–Kier alpha value is -3.42. The summed E-state index contributed by atoms with van der Waals surface area (Å²) in [6, 6.07) is 13.4. The summed E-state index contributed by atoms with van der Waals surface area (Å²) in [4.78, 5) is 8.47. The summed E-state index contributed by atoms with van der Waals surface area (Å²) in [6.45, 7) is 2.66. The minimum atomic E-state index is -2.86. The molecule has 0 fully saturated rings. The van der Waals surface area contributed by atoms with Crippen LogP contribution in [0.4, 0.5) is 8.78 Å². The van der Waals surface area contributed by atoms with E-state index in [1.54, 1.807) is 25.4 Å². The van der Waals surface area contributed by atoms with Crippen molar-refractivity contribution < 1.29 is 13.5 Å². The molecule has 0 amide bonds. The van der Waals surface area contributed by atoms with Gasteiger partial charge < -0.3 is 19.9 Å². The number of nitrogens with one attached hydrogen (secondary N) is 2. The van der Waals surface area contributed by atoms with Crippen LogP contribution in [0.2, 0.25) is 0 Å². The van der Waals surface area contributed by atoms with Crippen LogP contribution in [0, 0.1) is 13.8 Å². The molecule has 0 saturated heterocycles. The predicted molar refractivity (Wildman–Crippen MR) is 117 cm³/mol. The van der Waals surface area contributed by atoms with Crippen molar-refractivity contribution in [2.24, 2.45) is 4.99 Å². The van der Waals surface area contributed by atoms with Crippen LogP contribution in [0.25, 0.3) is 0 Å². The second-order valence-electron chi connectivity index (χ2n) is 7.19. The van der Waals surface area contributed by atoms with Crippen molar-refractivity contribution >= 4 is 5.96 Å². The molecule has 6 nitrogen and oxygen atoms in total. The van der Waals surface area contributed by atoms with E-state index in [1.165, 1.54) is 5.56 Å². The number of hydrogen-bond donors (Lipinski definition) is 2. The van der Waals surface area contributed by atoms with Crippen LogP contribution >= 0.6 is 0 Å². The maximum Gasteiger partial charge on any atom is 0.387 e. The standard InChI is InChI=1S/C23H27F2N5O/c1-16-7-8-21(31-22(24)25)20(11-16)14-29-23(26-3)28-13-18-5-4-6-19(12-18)15-30-10-9-27-17(30)2/h4-12,22H,13-15H2,1-3H3,(H2,26,28,29). The maximum absolute atomic E-state index is 12.7. The van der Waals surface area contributed by atoms with E-state index >= 15 is 0 Å². The van der Waals surface area contributed by atoms with E-state index < -0.39 is 6.61 Å². The fourth-order valence-corrected chi connectivity index (χ4v) is 3.25. The van der Waals surface area contributed by atoms with E-state index in [9.17, 15) is 8.78 Å². The van der Waals surface area contributed by atoms with Crippen molar-refractivity contribution in [3.63, 3.8) is 0 Å². The van der Waals surface area contributed by atoms with Gasteiger partial charge in [0.1, 0.15) is 11.6 Å². The molecule has 0 aliphatic carbocycles. The number of rotatable bonds is 8. The number of halogens is 2. The third-order valence-corrected chi connectivity index (χ3v) is 4.83. The van der Waals surface area contributed by atoms with Crippen molar-refractivity contribution in [1.29, 1.82) is 0 Å². The highest BCUT2D eigenvalue weighted by atomic mass is 19.3. The Balaban J connectivity index is 1.59. The highest BCUT2D eigenvalue weighted by Gasteiger charge is 2.10. The third kappa shape index (κ3) is 6.53. The molecular weight excluding hydrogens is 400 g/mol. The normalized spacial score (nSPS) is 11.6. The van der Waals surface area contributed by atoms with Crippen LogP contribution in [0.1, 0.15) is 28.1 Å². The molecular formula is C23H27F2N5O. The van der Waals surface area contributed by atoms with Gasteiger partial charge in [-0.3, -0.25) is 4.99 Å². The average Bonchev–Trinajstić information content (AvgIpc) is 3.14. The molecule has 3 aromatic rings. The predicted octanol–water partition coefficient (Wildman–Crippen LogP) is 4.01. The topological polar surface area (TPSA) is 63.5 Å². The summed E-state index contributed by atoms with van der Waals surface area (Å²) in [7, 11) is 1.67. The van der Waals surface area contributed by atoms with E-state index in [0.717, 1.165) is 23.5 Å². The summed E-state index contributed by atoms with van der Waals surface area (Å²) in [5.41, 5.74) is 3.89. The van der Waals surface area contributed by atoms with Crippen molar-refractivity contribution in [3.05, 3.63) is 82.9 Å². The Morgan fingerprint density at radius 2 is 1.87 bits per heavy atom. The van der Waals surface area contributed by atoms with Gasteiger partial charge in [-0.1, -0.05) is 42.0 Å². The van der Waals surface area contributed by atoms with Gasteiger partial charge in [-0.25, -0.2) is 4.98 Å². The molecule has 1 aromatic heterocycles. The first-order valence-corrected chi connectivity index (χ1v) is 9.99. The van der Waals surface area contributed by atoms with Gasteiger partial charge in [-0.15, -0.1) is 0 Å². The zero-order valence-corrected chi connectivity index (χ0v) is 17.9. The van der Waals surface area contributed by atoms with Crippen LogP contribution < -0.4 is 15.4 Å². The number of guanidine groups is 1. The zero-order chi connectivity index (χ0) is 22.2. The van der Waals surface area contributed by atoms with E-state index in [0.29, 0.717) is 24.6 Å². The second kappa shape index (κ2) is 10.6. The van der Waals surface area contributed by atoms with E-state index in [1.807, 2.05) is 38.2 Å².